The Morgan fingerprint density at radius 1 is 1.26 bits per heavy atom. The predicted octanol–water partition coefficient (Wildman–Crippen LogP) is 1.43. The van der Waals surface area contributed by atoms with Gasteiger partial charge in [0.2, 0.25) is 5.91 Å². The predicted molar refractivity (Wildman–Crippen MR) is 90.5 cm³/mol. The molecule has 2 aliphatic rings. The van der Waals surface area contributed by atoms with E-state index in [1.54, 1.807) is 7.11 Å². The number of nitrogens with zero attached hydrogens (tertiary/aromatic N) is 3. The van der Waals surface area contributed by atoms with Crippen LogP contribution in [0.2, 0.25) is 0 Å². The van der Waals surface area contributed by atoms with Crippen LogP contribution in [0.4, 0.5) is 0 Å². The molecule has 23 heavy (non-hydrogen) atoms. The highest BCUT2D eigenvalue weighted by molar-refractivity contribution is 5.79. The summed E-state index contributed by atoms with van der Waals surface area (Å²) in [4.78, 5) is 19.2. The highest BCUT2D eigenvalue weighted by Gasteiger charge is 2.28. The van der Waals surface area contributed by atoms with E-state index in [0.717, 1.165) is 30.9 Å². The molecule has 126 valence electrons. The van der Waals surface area contributed by atoms with Gasteiger partial charge in [-0.1, -0.05) is 12.1 Å². The lowest BCUT2D eigenvalue weighted by Gasteiger charge is -2.36. The molecule has 0 unspecified atom stereocenters. The first kappa shape index (κ1) is 16.3. The van der Waals surface area contributed by atoms with E-state index in [9.17, 15) is 4.79 Å². The number of ether oxygens (including phenoxy) is 1. The molecule has 1 aromatic carbocycles. The molecular formula is C18H27N3O2. The molecule has 0 aliphatic carbocycles. The Balaban J connectivity index is 1.53. The molecule has 0 spiro atoms. The van der Waals surface area contributed by atoms with Crippen LogP contribution in [0.15, 0.2) is 24.3 Å². The average Bonchev–Trinajstić information content (AvgIpc) is 2.95. The van der Waals surface area contributed by atoms with Crippen molar-refractivity contribution in [1.29, 1.82) is 0 Å². The van der Waals surface area contributed by atoms with Crippen molar-refractivity contribution in [2.45, 2.75) is 25.4 Å². The van der Waals surface area contributed by atoms with Gasteiger partial charge in [-0.25, -0.2) is 0 Å². The number of piperazine rings is 1. The molecule has 0 bridgehead atoms. The maximum atomic E-state index is 12.5. The number of hydrogen-bond acceptors (Lipinski definition) is 4. The Labute approximate surface area is 138 Å². The fourth-order valence-electron chi connectivity index (χ4n) is 3.58. The third-order valence-electron chi connectivity index (χ3n) is 5.05. The molecule has 1 atom stereocenters. The Bertz CT molecular complexity index is 549. The van der Waals surface area contributed by atoms with Crippen LogP contribution in [0.25, 0.3) is 0 Å². The molecule has 3 rings (SSSR count). The van der Waals surface area contributed by atoms with Crippen LogP contribution < -0.4 is 4.74 Å². The number of likely N-dealkylation sites (N-methyl/N-ethyl adjacent to an activating group) is 1. The minimum absolute atomic E-state index is 0.236. The fourth-order valence-corrected chi connectivity index (χ4v) is 3.58. The molecule has 2 aliphatic heterocycles. The summed E-state index contributed by atoms with van der Waals surface area (Å²) in [5.74, 6) is 1.08. The third-order valence-corrected chi connectivity index (χ3v) is 5.05. The lowest BCUT2D eigenvalue weighted by molar-refractivity contribution is -0.136. The molecule has 1 aromatic rings. The highest BCUT2D eigenvalue weighted by atomic mass is 16.5. The molecule has 5 nitrogen and oxygen atoms in total. The van der Waals surface area contributed by atoms with E-state index in [-0.39, 0.29) is 5.91 Å². The van der Waals surface area contributed by atoms with Crippen molar-refractivity contribution in [2.24, 2.45) is 0 Å². The van der Waals surface area contributed by atoms with Crippen molar-refractivity contribution in [1.82, 2.24) is 14.7 Å². The summed E-state index contributed by atoms with van der Waals surface area (Å²) in [6.07, 6.45) is 2.54. The summed E-state index contributed by atoms with van der Waals surface area (Å²) in [5, 5.41) is 0. The quantitative estimate of drug-likeness (QED) is 0.823. The molecule has 2 fully saturated rings. The zero-order valence-electron chi connectivity index (χ0n) is 14.2. The molecule has 0 radical (unpaired) electrons. The van der Waals surface area contributed by atoms with E-state index < -0.39 is 0 Å². The number of likely N-dealkylation sites (tertiary alicyclic amines) is 1. The number of benzene rings is 1. The Hall–Kier alpha value is -1.59. The van der Waals surface area contributed by atoms with E-state index in [1.165, 1.54) is 19.4 Å². The second-order valence-corrected chi connectivity index (χ2v) is 6.68. The van der Waals surface area contributed by atoms with Gasteiger partial charge < -0.3 is 14.5 Å². The minimum Gasteiger partial charge on any atom is -0.497 e. The lowest BCUT2D eigenvalue weighted by Crippen LogP contribution is -2.52. The smallest absolute Gasteiger partial charge is 0.237 e. The summed E-state index contributed by atoms with van der Waals surface area (Å²) in [7, 11) is 3.86. The van der Waals surface area contributed by atoms with Crippen molar-refractivity contribution in [3.8, 4) is 5.75 Å². The summed E-state index contributed by atoms with van der Waals surface area (Å²) in [6, 6.07) is 8.59. The van der Waals surface area contributed by atoms with Gasteiger partial charge in [-0.2, -0.15) is 0 Å². The van der Waals surface area contributed by atoms with Crippen molar-refractivity contribution in [2.75, 3.05) is 46.9 Å². The zero-order chi connectivity index (χ0) is 16.2. The molecule has 0 aromatic heterocycles. The SMILES string of the molecule is COc1cccc(CN2CCN(C[C@@H]3CCCN3C)CC2=O)c1. The molecule has 1 amide bonds. The van der Waals surface area contributed by atoms with Gasteiger partial charge in [-0.3, -0.25) is 9.69 Å². The number of rotatable bonds is 5. The van der Waals surface area contributed by atoms with Crippen molar-refractivity contribution < 1.29 is 9.53 Å². The van der Waals surface area contributed by atoms with Crippen molar-refractivity contribution in [3.05, 3.63) is 29.8 Å². The first-order valence-electron chi connectivity index (χ1n) is 8.49. The monoisotopic (exact) mass is 317 g/mol. The summed E-state index contributed by atoms with van der Waals surface area (Å²) in [5.41, 5.74) is 1.13. The molecule has 0 saturated carbocycles. The minimum atomic E-state index is 0.236. The number of amides is 1. The van der Waals surface area contributed by atoms with Crippen LogP contribution in [-0.2, 0) is 11.3 Å². The Kier molecular flexibility index (Phi) is 5.18. The number of methoxy groups -OCH3 is 1. The number of hydrogen-bond donors (Lipinski definition) is 0. The number of carbonyl (C=O) groups is 1. The first-order chi connectivity index (χ1) is 11.2. The second-order valence-electron chi connectivity index (χ2n) is 6.68. The van der Waals surface area contributed by atoms with Crippen LogP contribution in [0.1, 0.15) is 18.4 Å². The third kappa shape index (κ3) is 4.03. The number of carbonyl (C=O) groups excluding carboxylic acids is 1. The Morgan fingerprint density at radius 3 is 2.83 bits per heavy atom. The lowest BCUT2D eigenvalue weighted by atomic mass is 10.1. The molecule has 5 heteroatoms. The van der Waals surface area contributed by atoms with Gasteiger partial charge in [0.05, 0.1) is 13.7 Å². The van der Waals surface area contributed by atoms with Gasteiger partial charge in [0, 0.05) is 32.2 Å². The maximum absolute atomic E-state index is 12.5. The van der Waals surface area contributed by atoms with Crippen molar-refractivity contribution >= 4 is 5.91 Å². The van der Waals surface area contributed by atoms with Crippen LogP contribution in [0, 0.1) is 0 Å². The average molecular weight is 317 g/mol. The van der Waals surface area contributed by atoms with Gasteiger partial charge in [0.1, 0.15) is 5.75 Å². The zero-order valence-corrected chi connectivity index (χ0v) is 14.2. The van der Waals surface area contributed by atoms with Gasteiger partial charge in [-0.05, 0) is 44.1 Å². The van der Waals surface area contributed by atoms with E-state index in [4.69, 9.17) is 4.74 Å². The molecule has 2 heterocycles. The summed E-state index contributed by atoms with van der Waals surface area (Å²) >= 11 is 0. The fraction of sp³-hybridized carbons (Fsp3) is 0.611. The summed E-state index contributed by atoms with van der Waals surface area (Å²) < 4.78 is 5.26. The van der Waals surface area contributed by atoms with Gasteiger partial charge >= 0.3 is 0 Å². The molecule has 2 saturated heterocycles. The normalized spacial score (nSPS) is 23.5. The largest absolute Gasteiger partial charge is 0.497 e. The van der Waals surface area contributed by atoms with Gasteiger partial charge in [0.15, 0.2) is 0 Å². The Morgan fingerprint density at radius 2 is 2.13 bits per heavy atom. The highest BCUT2D eigenvalue weighted by Crippen LogP contribution is 2.18. The van der Waals surface area contributed by atoms with Gasteiger partial charge in [-0.15, -0.1) is 0 Å². The van der Waals surface area contributed by atoms with Crippen LogP contribution in [-0.4, -0.2) is 73.5 Å². The van der Waals surface area contributed by atoms with Crippen LogP contribution in [0.5, 0.6) is 5.75 Å². The van der Waals surface area contributed by atoms with E-state index in [0.29, 0.717) is 19.1 Å². The van der Waals surface area contributed by atoms with E-state index in [2.05, 4.69) is 22.9 Å². The standard InChI is InChI=1S/C18H27N3O2/c1-19-8-4-6-16(19)13-20-9-10-21(18(22)14-20)12-15-5-3-7-17(11-15)23-2/h3,5,7,11,16H,4,6,8-10,12-14H2,1-2H3/t16-/m0/s1. The molecular weight excluding hydrogens is 290 g/mol. The maximum Gasteiger partial charge on any atom is 0.237 e. The van der Waals surface area contributed by atoms with E-state index in [1.807, 2.05) is 23.1 Å². The van der Waals surface area contributed by atoms with Crippen LogP contribution in [0.3, 0.4) is 0 Å². The first-order valence-corrected chi connectivity index (χ1v) is 8.49. The van der Waals surface area contributed by atoms with Crippen LogP contribution >= 0.6 is 0 Å². The van der Waals surface area contributed by atoms with Gasteiger partial charge in [0.25, 0.3) is 0 Å². The molecule has 0 N–H and O–H groups in total. The topological polar surface area (TPSA) is 36.0 Å². The van der Waals surface area contributed by atoms with Crippen molar-refractivity contribution in [3.63, 3.8) is 0 Å². The summed E-state index contributed by atoms with van der Waals surface area (Å²) in [6.45, 7) is 5.22. The second kappa shape index (κ2) is 7.32. The van der Waals surface area contributed by atoms with E-state index >= 15 is 0 Å².